The summed E-state index contributed by atoms with van der Waals surface area (Å²) in [4.78, 5) is 4.16. The Kier molecular flexibility index (Phi) is 5.84. The minimum Gasteiger partial charge on any atom is -0.385 e. The monoisotopic (exact) mass is 351 g/mol. The lowest BCUT2D eigenvalue weighted by Gasteiger charge is -2.07. The third-order valence-electron chi connectivity index (χ3n) is 3.85. The Labute approximate surface area is 152 Å². The molecule has 2 heterocycles. The first-order chi connectivity index (χ1) is 12.7. The highest BCUT2D eigenvalue weighted by Gasteiger charge is 2.12. The maximum Gasteiger partial charge on any atom is 0.167 e. The number of ether oxygens (including phenoxy) is 1. The summed E-state index contributed by atoms with van der Waals surface area (Å²) >= 11 is 0. The summed E-state index contributed by atoms with van der Waals surface area (Å²) in [5, 5.41) is 13.8. The number of nitrogens with zero attached hydrogens (tertiary/aromatic N) is 3. The zero-order chi connectivity index (χ0) is 18.4. The molecular formula is C20H21N3O3. The third kappa shape index (κ3) is 4.39. The molecule has 134 valence electrons. The van der Waals surface area contributed by atoms with Crippen LogP contribution in [0.1, 0.15) is 36.5 Å². The van der Waals surface area contributed by atoms with Gasteiger partial charge in [0.25, 0.3) is 0 Å². The van der Waals surface area contributed by atoms with Gasteiger partial charge in [0, 0.05) is 43.1 Å². The number of imidazole rings is 1. The second kappa shape index (κ2) is 8.48. The van der Waals surface area contributed by atoms with Crippen LogP contribution in [0.3, 0.4) is 0 Å². The first-order valence-electron chi connectivity index (χ1n) is 8.40. The number of aliphatic hydroxyl groups is 1. The molecule has 0 bridgehead atoms. The number of hydrogen-bond acceptors (Lipinski definition) is 5. The molecule has 0 spiro atoms. The smallest absolute Gasteiger partial charge is 0.167 e. The molecule has 3 rings (SSSR count). The first kappa shape index (κ1) is 17.9. The maximum atomic E-state index is 9.73. The maximum absolute atomic E-state index is 9.73. The SMILES string of the molecule is COCCC#Cc1ccc(-c2cc(Cn3ccnc3[C@H](C)O)no2)cc1. The van der Waals surface area contributed by atoms with Gasteiger partial charge in [-0.05, 0) is 31.2 Å². The average Bonchev–Trinajstić information content (AvgIpc) is 3.29. The summed E-state index contributed by atoms with van der Waals surface area (Å²) in [7, 11) is 1.67. The van der Waals surface area contributed by atoms with Crippen LogP contribution in [0.15, 0.2) is 47.2 Å². The highest BCUT2D eigenvalue weighted by molar-refractivity contribution is 5.59. The van der Waals surface area contributed by atoms with Crippen molar-refractivity contribution in [1.82, 2.24) is 14.7 Å². The minimum absolute atomic E-state index is 0.493. The van der Waals surface area contributed by atoms with Crippen molar-refractivity contribution in [1.29, 1.82) is 0 Å². The Balaban J connectivity index is 1.69. The molecule has 1 atom stereocenters. The van der Waals surface area contributed by atoms with Crippen LogP contribution >= 0.6 is 0 Å². The van der Waals surface area contributed by atoms with Crippen LogP contribution in [-0.4, -0.2) is 33.5 Å². The molecule has 0 radical (unpaired) electrons. The van der Waals surface area contributed by atoms with Gasteiger partial charge >= 0.3 is 0 Å². The fourth-order valence-electron chi connectivity index (χ4n) is 2.55. The van der Waals surface area contributed by atoms with E-state index in [0.717, 1.165) is 16.8 Å². The molecule has 0 saturated heterocycles. The van der Waals surface area contributed by atoms with E-state index in [1.807, 2.05) is 41.1 Å². The Morgan fingerprint density at radius 2 is 2.12 bits per heavy atom. The molecular weight excluding hydrogens is 330 g/mol. The van der Waals surface area contributed by atoms with E-state index < -0.39 is 6.10 Å². The predicted molar refractivity (Wildman–Crippen MR) is 97.3 cm³/mol. The number of aromatic nitrogens is 3. The summed E-state index contributed by atoms with van der Waals surface area (Å²) in [6, 6.07) is 9.73. The summed E-state index contributed by atoms with van der Waals surface area (Å²) < 4.78 is 12.3. The van der Waals surface area contributed by atoms with Gasteiger partial charge in [-0.2, -0.15) is 0 Å². The van der Waals surface area contributed by atoms with Gasteiger partial charge in [-0.15, -0.1) is 0 Å². The predicted octanol–water partition coefficient (Wildman–Crippen LogP) is 3.03. The molecule has 0 aliphatic rings. The van der Waals surface area contributed by atoms with E-state index in [1.54, 1.807) is 20.2 Å². The van der Waals surface area contributed by atoms with Crippen LogP contribution in [0.25, 0.3) is 11.3 Å². The van der Waals surface area contributed by atoms with Crippen LogP contribution in [0, 0.1) is 11.8 Å². The molecule has 0 aliphatic heterocycles. The largest absolute Gasteiger partial charge is 0.385 e. The Bertz CT molecular complexity index is 898. The molecule has 1 N–H and O–H groups in total. The molecule has 1 aromatic carbocycles. The van der Waals surface area contributed by atoms with E-state index >= 15 is 0 Å². The van der Waals surface area contributed by atoms with Gasteiger partial charge in [0.15, 0.2) is 5.76 Å². The van der Waals surface area contributed by atoms with E-state index in [4.69, 9.17) is 9.26 Å². The molecule has 6 heteroatoms. The molecule has 0 fully saturated rings. The van der Waals surface area contributed by atoms with Gasteiger partial charge in [-0.3, -0.25) is 0 Å². The van der Waals surface area contributed by atoms with Gasteiger partial charge in [0.1, 0.15) is 17.6 Å². The van der Waals surface area contributed by atoms with Crippen molar-refractivity contribution in [2.45, 2.75) is 26.0 Å². The molecule has 0 saturated carbocycles. The molecule has 3 aromatic rings. The van der Waals surface area contributed by atoms with Crippen molar-refractivity contribution in [2.75, 3.05) is 13.7 Å². The fraction of sp³-hybridized carbons (Fsp3) is 0.300. The van der Waals surface area contributed by atoms with Gasteiger partial charge in [-0.1, -0.05) is 17.0 Å². The fourth-order valence-corrected chi connectivity index (χ4v) is 2.55. The average molecular weight is 351 g/mol. The molecule has 6 nitrogen and oxygen atoms in total. The van der Waals surface area contributed by atoms with Crippen molar-refractivity contribution < 1.29 is 14.4 Å². The van der Waals surface area contributed by atoms with Crippen molar-refractivity contribution >= 4 is 0 Å². The van der Waals surface area contributed by atoms with E-state index in [-0.39, 0.29) is 0 Å². The lowest BCUT2D eigenvalue weighted by atomic mass is 10.1. The van der Waals surface area contributed by atoms with Crippen molar-refractivity contribution in [3.63, 3.8) is 0 Å². The highest BCUT2D eigenvalue weighted by atomic mass is 16.5. The highest BCUT2D eigenvalue weighted by Crippen LogP contribution is 2.22. The van der Waals surface area contributed by atoms with E-state index in [1.165, 1.54) is 0 Å². The van der Waals surface area contributed by atoms with Crippen LogP contribution in [0.2, 0.25) is 0 Å². The molecule has 0 unspecified atom stereocenters. The van der Waals surface area contributed by atoms with Crippen LogP contribution in [-0.2, 0) is 11.3 Å². The van der Waals surface area contributed by atoms with Gasteiger partial charge in [0.05, 0.1) is 13.2 Å². The third-order valence-corrected chi connectivity index (χ3v) is 3.85. The zero-order valence-electron chi connectivity index (χ0n) is 14.8. The molecule has 0 aliphatic carbocycles. The quantitative estimate of drug-likeness (QED) is 0.546. The normalized spacial score (nSPS) is 11.8. The summed E-state index contributed by atoms with van der Waals surface area (Å²) in [5.74, 6) is 7.46. The molecule has 2 aromatic heterocycles. The molecule has 26 heavy (non-hydrogen) atoms. The first-order valence-corrected chi connectivity index (χ1v) is 8.40. The lowest BCUT2D eigenvalue weighted by Crippen LogP contribution is -2.07. The second-order valence-corrected chi connectivity index (χ2v) is 5.89. The number of hydrogen-bond donors (Lipinski definition) is 1. The lowest BCUT2D eigenvalue weighted by molar-refractivity contribution is 0.184. The Morgan fingerprint density at radius 3 is 2.85 bits per heavy atom. The Hall–Kier alpha value is -2.88. The van der Waals surface area contributed by atoms with Crippen molar-refractivity contribution in [3.8, 4) is 23.2 Å². The van der Waals surface area contributed by atoms with Gasteiger partial charge in [-0.25, -0.2) is 4.98 Å². The summed E-state index contributed by atoms with van der Waals surface area (Å²) in [5.41, 5.74) is 2.65. The van der Waals surface area contributed by atoms with Crippen LogP contribution < -0.4 is 0 Å². The van der Waals surface area contributed by atoms with Gasteiger partial charge < -0.3 is 18.9 Å². The number of benzene rings is 1. The van der Waals surface area contributed by atoms with E-state index in [0.29, 0.717) is 31.2 Å². The minimum atomic E-state index is -0.631. The topological polar surface area (TPSA) is 73.3 Å². The van der Waals surface area contributed by atoms with Crippen LogP contribution in [0.4, 0.5) is 0 Å². The summed E-state index contributed by atoms with van der Waals surface area (Å²) in [6.45, 7) is 2.82. The van der Waals surface area contributed by atoms with Crippen molar-refractivity contribution in [2.24, 2.45) is 0 Å². The van der Waals surface area contributed by atoms with Crippen molar-refractivity contribution in [3.05, 3.63) is 59.8 Å². The molecule has 0 amide bonds. The number of rotatable bonds is 6. The zero-order valence-corrected chi connectivity index (χ0v) is 14.8. The number of aliphatic hydroxyl groups excluding tert-OH is 1. The van der Waals surface area contributed by atoms with E-state index in [9.17, 15) is 5.11 Å². The standard InChI is InChI=1S/C20H21N3O3/c1-15(24)20-21-10-11-23(20)14-18-13-19(26-22-18)17-8-6-16(7-9-17)5-3-4-12-25-2/h6-11,13,15,24H,4,12,14H2,1-2H3/t15-/m0/s1. The van der Waals surface area contributed by atoms with Gasteiger partial charge in [0.2, 0.25) is 0 Å². The Morgan fingerprint density at radius 1 is 1.31 bits per heavy atom. The number of methoxy groups -OCH3 is 1. The van der Waals surface area contributed by atoms with E-state index in [2.05, 4.69) is 22.0 Å². The second-order valence-electron chi connectivity index (χ2n) is 5.89. The summed E-state index contributed by atoms with van der Waals surface area (Å²) in [6.07, 6.45) is 3.56. The van der Waals surface area contributed by atoms with Crippen LogP contribution in [0.5, 0.6) is 0 Å².